The maximum Gasteiger partial charge on any atom is 0.160 e. The lowest BCUT2D eigenvalue weighted by atomic mass is 9.80. The van der Waals surface area contributed by atoms with Crippen LogP contribution < -0.4 is 14.2 Å². The van der Waals surface area contributed by atoms with Crippen LogP contribution in [0.4, 0.5) is 0 Å². The Morgan fingerprint density at radius 1 is 0.917 bits per heavy atom. The Hall–Kier alpha value is -2.49. The van der Waals surface area contributed by atoms with Crippen LogP contribution >= 0.6 is 0 Å². The molecule has 0 radical (unpaired) electrons. The first kappa shape index (κ1) is 16.4. The monoisotopic (exact) mass is 326 g/mol. The number of methoxy groups -OCH3 is 3. The van der Waals surface area contributed by atoms with Crippen molar-refractivity contribution >= 4 is 5.78 Å². The van der Waals surface area contributed by atoms with Gasteiger partial charge in [-0.1, -0.05) is 12.1 Å². The molecule has 4 nitrogen and oxygen atoms in total. The number of carbonyl (C=O) groups is 1. The second-order valence-electron chi connectivity index (χ2n) is 6.07. The van der Waals surface area contributed by atoms with Crippen molar-refractivity contribution in [2.45, 2.75) is 19.3 Å². The molecule has 0 saturated heterocycles. The molecule has 4 heteroatoms. The zero-order chi connectivity index (χ0) is 17.1. The van der Waals surface area contributed by atoms with E-state index in [1.807, 2.05) is 36.4 Å². The third-order valence-corrected chi connectivity index (χ3v) is 4.63. The molecule has 3 rings (SSSR count). The highest BCUT2D eigenvalue weighted by Gasteiger charge is 2.27. The number of ketones is 1. The molecule has 0 fully saturated rings. The topological polar surface area (TPSA) is 44.8 Å². The van der Waals surface area contributed by atoms with Crippen molar-refractivity contribution in [3.05, 3.63) is 53.1 Å². The summed E-state index contributed by atoms with van der Waals surface area (Å²) in [6.07, 6.45) is 1.95. The fourth-order valence-corrected chi connectivity index (χ4v) is 3.28. The van der Waals surface area contributed by atoms with Crippen LogP contribution in [-0.4, -0.2) is 27.1 Å². The van der Waals surface area contributed by atoms with Gasteiger partial charge in [0.25, 0.3) is 0 Å². The lowest BCUT2D eigenvalue weighted by molar-refractivity contribution is -0.122. The van der Waals surface area contributed by atoms with Crippen LogP contribution in [0, 0.1) is 5.92 Å². The zero-order valence-electron chi connectivity index (χ0n) is 14.3. The van der Waals surface area contributed by atoms with Gasteiger partial charge in [0.1, 0.15) is 11.5 Å². The van der Waals surface area contributed by atoms with Crippen LogP contribution in [0.2, 0.25) is 0 Å². The van der Waals surface area contributed by atoms with Crippen molar-refractivity contribution in [3.63, 3.8) is 0 Å². The summed E-state index contributed by atoms with van der Waals surface area (Å²) < 4.78 is 15.9. The largest absolute Gasteiger partial charge is 0.497 e. The Morgan fingerprint density at radius 2 is 1.71 bits per heavy atom. The number of hydrogen-bond donors (Lipinski definition) is 0. The molecular weight excluding hydrogens is 304 g/mol. The van der Waals surface area contributed by atoms with E-state index in [-0.39, 0.29) is 5.92 Å². The molecule has 0 bridgehead atoms. The smallest absolute Gasteiger partial charge is 0.160 e. The van der Waals surface area contributed by atoms with Gasteiger partial charge in [0.2, 0.25) is 0 Å². The maximum atomic E-state index is 12.5. The SMILES string of the molecule is COc1ccc2c(c1)CC(Cc1ccc(OC)c(OC)c1)C(=O)C2. The Balaban J connectivity index is 1.81. The van der Waals surface area contributed by atoms with E-state index in [9.17, 15) is 4.79 Å². The number of carbonyl (C=O) groups excluding carboxylic acids is 1. The first-order valence-electron chi connectivity index (χ1n) is 8.04. The van der Waals surface area contributed by atoms with Crippen molar-refractivity contribution in [3.8, 4) is 17.2 Å². The summed E-state index contributed by atoms with van der Waals surface area (Å²) >= 11 is 0. The number of Topliss-reactive ketones (excluding diaryl/α,β-unsaturated/α-hetero) is 1. The highest BCUT2D eigenvalue weighted by molar-refractivity contribution is 5.86. The van der Waals surface area contributed by atoms with Crippen molar-refractivity contribution in [1.29, 1.82) is 0 Å². The zero-order valence-corrected chi connectivity index (χ0v) is 14.3. The van der Waals surface area contributed by atoms with Crippen molar-refractivity contribution in [1.82, 2.24) is 0 Å². The third kappa shape index (κ3) is 3.23. The minimum absolute atomic E-state index is 0.0114. The molecule has 0 N–H and O–H groups in total. The van der Waals surface area contributed by atoms with E-state index < -0.39 is 0 Å². The minimum atomic E-state index is -0.0114. The molecule has 126 valence electrons. The predicted octanol–water partition coefficient (Wildman–Crippen LogP) is 3.24. The summed E-state index contributed by atoms with van der Waals surface area (Å²) in [7, 11) is 4.90. The molecule has 1 aliphatic rings. The van der Waals surface area contributed by atoms with E-state index in [0.29, 0.717) is 30.1 Å². The van der Waals surface area contributed by atoms with Crippen molar-refractivity contribution in [2.24, 2.45) is 5.92 Å². The number of hydrogen-bond acceptors (Lipinski definition) is 4. The van der Waals surface area contributed by atoms with Gasteiger partial charge >= 0.3 is 0 Å². The number of fused-ring (bicyclic) bond motifs is 1. The van der Waals surface area contributed by atoms with Crippen LogP contribution in [0.25, 0.3) is 0 Å². The molecule has 1 unspecified atom stereocenters. The molecule has 24 heavy (non-hydrogen) atoms. The van der Waals surface area contributed by atoms with Crippen LogP contribution in [0.1, 0.15) is 16.7 Å². The molecule has 0 saturated carbocycles. The Morgan fingerprint density at radius 3 is 2.42 bits per heavy atom. The molecule has 2 aromatic rings. The fraction of sp³-hybridized carbons (Fsp3) is 0.350. The standard InChI is InChI=1S/C20H22O4/c1-22-17-6-5-14-12-18(21)16(10-15(14)11-17)8-13-4-7-19(23-2)20(9-13)24-3/h4-7,9,11,16H,8,10,12H2,1-3H3. The normalized spacial score (nSPS) is 16.5. The Labute approximate surface area is 142 Å². The minimum Gasteiger partial charge on any atom is -0.497 e. The number of rotatable bonds is 5. The first-order valence-corrected chi connectivity index (χ1v) is 8.04. The summed E-state index contributed by atoms with van der Waals surface area (Å²) in [5.74, 6) is 2.52. The lowest BCUT2D eigenvalue weighted by Crippen LogP contribution is -2.27. The van der Waals surface area contributed by atoms with Gasteiger partial charge in [0.15, 0.2) is 11.5 Å². The summed E-state index contributed by atoms with van der Waals surface area (Å²) in [4.78, 5) is 12.5. The molecule has 0 aromatic heterocycles. The fourth-order valence-electron chi connectivity index (χ4n) is 3.28. The second-order valence-corrected chi connectivity index (χ2v) is 6.07. The average molecular weight is 326 g/mol. The molecule has 0 aliphatic heterocycles. The number of ether oxygens (including phenoxy) is 3. The molecular formula is C20H22O4. The van der Waals surface area contributed by atoms with Crippen LogP contribution in [0.5, 0.6) is 17.2 Å². The van der Waals surface area contributed by atoms with E-state index in [1.165, 1.54) is 5.56 Å². The predicted molar refractivity (Wildman–Crippen MR) is 92.1 cm³/mol. The van der Waals surface area contributed by atoms with Crippen molar-refractivity contribution in [2.75, 3.05) is 21.3 Å². The summed E-state index contributed by atoms with van der Waals surface area (Å²) in [5, 5.41) is 0. The van der Waals surface area contributed by atoms with Gasteiger partial charge in [0.05, 0.1) is 21.3 Å². The molecule has 0 amide bonds. The van der Waals surface area contributed by atoms with Crippen LogP contribution in [0.15, 0.2) is 36.4 Å². The third-order valence-electron chi connectivity index (χ3n) is 4.63. The summed E-state index contributed by atoms with van der Waals surface area (Å²) in [6, 6.07) is 11.8. The van der Waals surface area contributed by atoms with Gasteiger partial charge in [-0.05, 0) is 53.8 Å². The van der Waals surface area contributed by atoms with E-state index >= 15 is 0 Å². The Bertz CT molecular complexity index is 751. The van der Waals surface area contributed by atoms with Gasteiger partial charge in [-0.25, -0.2) is 0 Å². The van der Waals surface area contributed by atoms with Crippen LogP contribution in [0.3, 0.4) is 0 Å². The van der Waals surface area contributed by atoms with Gasteiger partial charge < -0.3 is 14.2 Å². The molecule has 0 spiro atoms. The van der Waals surface area contributed by atoms with Gasteiger partial charge in [-0.3, -0.25) is 4.79 Å². The maximum absolute atomic E-state index is 12.5. The quantitative estimate of drug-likeness (QED) is 0.846. The average Bonchev–Trinajstić information content (AvgIpc) is 2.61. The first-order chi connectivity index (χ1) is 11.6. The van der Waals surface area contributed by atoms with E-state index in [4.69, 9.17) is 14.2 Å². The molecule has 1 aliphatic carbocycles. The second kappa shape index (κ2) is 6.95. The molecule has 0 heterocycles. The van der Waals surface area contributed by atoms with Crippen molar-refractivity contribution < 1.29 is 19.0 Å². The van der Waals surface area contributed by atoms with E-state index in [0.717, 1.165) is 23.3 Å². The van der Waals surface area contributed by atoms with E-state index in [1.54, 1.807) is 21.3 Å². The Kier molecular flexibility index (Phi) is 4.74. The van der Waals surface area contributed by atoms with E-state index in [2.05, 4.69) is 0 Å². The van der Waals surface area contributed by atoms with Crippen LogP contribution in [-0.2, 0) is 24.1 Å². The van der Waals surface area contributed by atoms with Gasteiger partial charge in [0, 0.05) is 12.3 Å². The van der Waals surface area contributed by atoms with Gasteiger partial charge in [-0.2, -0.15) is 0 Å². The lowest BCUT2D eigenvalue weighted by Gasteiger charge is -2.24. The molecule has 1 atom stereocenters. The highest BCUT2D eigenvalue weighted by Crippen LogP contribution is 2.32. The highest BCUT2D eigenvalue weighted by atomic mass is 16.5. The molecule has 2 aromatic carbocycles. The van der Waals surface area contributed by atoms with Gasteiger partial charge in [-0.15, -0.1) is 0 Å². The number of benzene rings is 2. The summed E-state index contributed by atoms with van der Waals surface area (Å²) in [5.41, 5.74) is 3.40. The summed E-state index contributed by atoms with van der Waals surface area (Å²) in [6.45, 7) is 0.